The van der Waals surface area contributed by atoms with Crippen LogP contribution in [0.5, 0.6) is 5.75 Å². The van der Waals surface area contributed by atoms with E-state index in [0.717, 1.165) is 28.9 Å². The normalized spacial score (nSPS) is 24.5. The maximum absolute atomic E-state index is 12.5. The maximum atomic E-state index is 12.5. The van der Waals surface area contributed by atoms with E-state index < -0.39 is 6.10 Å². The molecule has 5 nitrogen and oxygen atoms in total. The van der Waals surface area contributed by atoms with Crippen LogP contribution in [0.4, 0.5) is 4.79 Å². The Morgan fingerprint density at radius 3 is 2.67 bits per heavy atom. The summed E-state index contributed by atoms with van der Waals surface area (Å²) in [5, 5.41) is 16.2. The molecule has 0 radical (unpaired) electrons. The first kappa shape index (κ1) is 15.0. The molecule has 3 N–H and O–H groups in total. The lowest BCUT2D eigenvalue weighted by Crippen LogP contribution is -2.43. The predicted molar refractivity (Wildman–Crippen MR) is 89.9 cm³/mol. The molecule has 2 aliphatic rings. The number of fused-ring (bicyclic) bond motifs is 2. The second-order valence-corrected chi connectivity index (χ2v) is 6.29. The van der Waals surface area contributed by atoms with Crippen LogP contribution in [-0.4, -0.2) is 23.8 Å². The van der Waals surface area contributed by atoms with Crippen molar-refractivity contribution in [2.45, 2.75) is 31.0 Å². The van der Waals surface area contributed by atoms with E-state index in [0.29, 0.717) is 13.0 Å². The quantitative estimate of drug-likeness (QED) is 0.795. The number of hydrogen-bond acceptors (Lipinski definition) is 3. The topological polar surface area (TPSA) is 70.6 Å². The summed E-state index contributed by atoms with van der Waals surface area (Å²) in [7, 11) is 0. The van der Waals surface area contributed by atoms with E-state index in [2.05, 4.69) is 10.6 Å². The molecule has 1 heterocycles. The smallest absolute Gasteiger partial charge is 0.315 e. The number of hydrogen-bond donors (Lipinski definition) is 3. The summed E-state index contributed by atoms with van der Waals surface area (Å²) in [6, 6.07) is 14.9. The van der Waals surface area contributed by atoms with Gasteiger partial charge in [0.1, 0.15) is 5.75 Å². The zero-order valence-corrected chi connectivity index (χ0v) is 13.2. The highest BCUT2D eigenvalue weighted by atomic mass is 16.5. The lowest BCUT2D eigenvalue weighted by molar-refractivity contribution is 0.141. The number of carbonyl (C=O) groups excluding carboxylic acids is 1. The van der Waals surface area contributed by atoms with Gasteiger partial charge in [-0.2, -0.15) is 0 Å². The van der Waals surface area contributed by atoms with E-state index in [-0.39, 0.29) is 18.1 Å². The highest BCUT2D eigenvalue weighted by Gasteiger charge is 2.32. The van der Waals surface area contributed by atoms with Crippen molar-refractivity contribution in [2.24, 2.45) is 0 Å². The Morgan fingerprint density at radius 1 is 1.04 bits per heavy atom. The van der Waals surface area contributed by atoms with Gasteiger partial charge in [0, 0.05) is 18.4 Å². The van der Waals surface area contributed by atoms with Crippen LogP contribution in [0.25, 0.3) is 0 Å². The summed E-state index contributed by atoms with van der Waals surface area (Å²) in [4.78, 5) is 12.5. The van der Waals surface area contributed by atoms with Crippen molar-refractivity contribution in [3.63, 3.8) is 0 Å². The lowest BCUT2D eigenvalue weighted by atomic mass is 10.0. The number of ether oxygens (including phenoxy) is 1. The molecular weight excluding hydrogens is 304 g/mol. The molecule has 0 bridgehead atoms. The molecule has 124 valence electrons. The highest BCUT2D eigenvalue weighted by Crippen LogP contribution is 2.33. The van der Waals surface area contributed by atoms with Gasteiger partial charge < -0.3 is 20.5 Å². The van der Waals surface area contributed by atoms with Crippen LogP contribution in [0, 0.1) is 0 Å². The molecule has 4 rings (SSSR count). The van der Waals surface area contributed by atoms with Crippen molar-refractivity contribution >= 4 is 6.03 Å². The monoisotopic (exact) mass is 324 g/mol. The van der Waals surface area contributed by atoms with Gasteiger partial charge in [0.05, 0.1) is 24.8 Å². The minimum absolute atomic E-state index is 0.0799. The molecule has 0 fully saturated rings. The lowest BCUT2D eigenvalue weighted by Gasteiger charge is -2.27. The van der Waals surface area contributed by atoms with Gasteiger partial charge in [0.15, 0.2) is 0 Å². The van der Waals surface area contributed by atoms with Gasteiger partial charge in [-0.25, -0.2) is 4.79 Å². The molecule has 2 aromatic carbocycles. The van der Waals surface area contributed by atoms with Crippen molar-refractivity contribution in [3.8, 4) is 5.75 Å². The molecule has 3 unspecified atom stereocenters. The Labute approximate surface area is 140 Å². The number of urea groups is 1. The molecule has 1 aliphatic heterocycles. The number of para-hydroxylation sites is 1. The first-order valence-electron chi connectivity index (χ1n) is 8.27. The minimum Gasteiger partial charge on any atom is -0.493 e. The van der Waals surface area contributed by atoms with Crippen molar-refractivity contribution < 1.29 is 14.6 Å². The summed E-state index contributed by atoms with van der Waals surface area (Å²) >= 11 is 0. The molecule has 0 aromatic heterocycles. The maximum Gasteiger partial charge on any atom is 0.315 e. The average molecular weight is 324 g/mol. The summed E-state index contributed by atoms with van der Waals surface area (Å²) in [6.45, 7) is 0.580. The average Bonchev–Trinajstić information content (AvgIpc) is 2.91. The van der Waals surface area contributed by atoms with Crippen molar-refractivity contribution in [1.82, 2.24) is 10.6 Å². The van der Waals surface area contributed by atoms with Crippen molar-refractivity contribution in [1.29, 1.82) is 0 Å². The predicted octanol–water partition coefficient (Wildman–Crippen LogP) is 2.47. The Hall–Kier alpha value is -2.53. The van der Waals surface area contributed by atoms with E-state index in [1.807, 2.05) is 48.5 Å². The van der Waals surface area contributed by atoms with Gasteiger partial charge in [0.2, 0.25) is 0 Å². The van der Waals surface area contributed by atoms with Gasteiger partial charge in [-0.3, -0.25) is 0 Å². The molecule has 1 aliphatic carbocycles. The fourth-order valence-corrected chi connectivity index (χ4v) is 3.58. The van der Waals surface area contributed by atoms with E-state index >= 15 is 0 Å². The van der Waals surface area contributed by atoms with E-state index in [9.17, 15) is 9.90 Å². The number of carbonyl (C=O) groups is 1. The number of aliphatic hydroxyl groups excluding tert-OH is 1. The highest BCUT2D eigenvalue weighted by molar-refractivity contribution is 5.75. The molecular formula is C19H20N2O3. The molecule has 3 atom stereocenters. The van der Waals surface area contributed by atoms with Crippen LogP contribution in [0.3, 0.4) is 0 Å². The molecule has 5 heteroatoms. The number of benzene rings is 2. The van der Waals surface area contributed by atoms with Gasteiger partial charge >= 0.3 is 6.03 Å². The van der Waals surface area contributed by atoms with Gasteiger partial charge in [-0.15, -0.1) is 0 Å². The largest absolute Gasteiger partial charge is 0.493 e. The Morgan fingerprint density at radius 2 is 1.79 bits per heavy atom. The molecule has 0 spiro atoms. The number of amides is 2. The second kappa shape index (κ2) is 6.17. The number of rotatable bonds is 2. The minimum atomic E-state index is -0.588. The molecule has 0 saturated heterocycles. The summed E-state index contributed by atoms with van der Waals surface area (Å²) < 4.78 is 5.62. The van der Waals surface area contributed by atoms with Crippen LogP contribution in [-0.2, 0) is 6.42 Å². The second-order valence-electron chi connectivity index (χ2n) is 6.29. The third-order valence-corrected chi connectivity index (χ3v) is 4.75. The SMILES string of the molecule is O=C(NC1CCOc2ccccc21)NC1c2ccccc2CC1O. The summed E-state index contributed by atoms with van der Waals surface area (Å²) in [5.41, 5.74) is 3.07. The van der Waals surface area contributed by atoms with Crippen LogP contribution in [0.1, 0.15) is 35.2 Å². The van der Waals surface area contributed by atoms with Crippen LogP contribution >= 0.6 is 0 Å². The van der Waals surface area contributed by atoms with Crippen molar-refractivity contribution in [3.05, 3.63) is 65.2 Å². The van der Waals surface area contributed by atoms with Gasteiger partial charge in [-0.1, -0.05) is 42.5 Å². The first-order valence-corrected chi connectivity index (χ1v) is 8.27. The van der Waals surface area contributed by atoms with Gasteiger partial charge in [0.25, 0.3) is 0 Å². The Balaban J connectivity index is 1.47. The fourth-order valence-electron chi connectivity index (χ4n) is 3.58. The third-order valence-electron chi connectivity index (χ3n) is 4.75. The number of nitrogens with one attached hydrogen (secondary N) is 2. The Bertz CT molecular complexity index is 762. The zero-order valence-electron chi connectivity index (χ0n) is 13.2. The molecule has 2 aromatic rings. The van der Waals surface area contributed by atoms with Crippen LogP contribution in [0.15, 0.2) is 48.5 Å². The molecule has 24 heavy (non-hydrogen) atoms. The molecule has 0 saturated carbocycles. The van der Waals surface area contributed by atoms with Crippen LogP contribution in [0.2, 0.25) is 0 Å². The summed E-state index contributed by atoms with van der Waals surface area (Å²) in [6.07, 6.45) is 0.713. The standard InChI is InChI=1S/C19H20N2O3/c22-16-11-12-5-1-2-6-13(12)18(16)21-19(23)20-15-9-10-24-17-8-4-3-7-14(15)17/h1-8,15-16,18,22H,9-11H2,(H2,20,21,23). The van der Waals surface area contributed by atoms with Crippen molar-refractivity contribution in [2.75, 3.05) is 6.61 Å². The van der Waals surface area contributed by atoms with E-state index in [4.69, 9.17) is 4.74 Å². The third kappa shape index (κ3) is 2.71. The zero-order chi connectivity index (χ0) is 16.5. The first-order chi connectivity index (χ1) is 11.7. The number of aliphatic hydroxyl groups is 1. The van der Waals surface area contributed by atoms with Gasteiger partial charge in [-0.05, 0) is 17.2 Å². The summed E-state index contributed by atoms with van der Waals surface area (Å²) in [5.74, 6) is 0.820. The fraction of sp³-hybridized carbons (Fsp3) is 0.316. The molecule has 2 amide bonds. The van der Waals surface area contributed by atoms with Crippen LogP contribution < -0.4 is 15.4 Å². The van der Waals surface area contributed by atoms with E-state index in [1.54, 1.807) is 0 Å². The van der Waals surface area contributed by atoms with E-state index in [1.165, 1.54) is 0 Å². The Kier molecular flexibility index (Phi) is 3.86.